The summed E-state index contributed by atoms with van der Waals surface area (Å²) in [4.78, 5) is 25.5. The topological polar surface area (TPSA) is 90.0 Å². The van der Waals surface area contributed by atoms with Crippen LogP contribution in [0.1, 0.15) is 34.1 Å². The molecule has 0 bridgehead atoms. The van der Waals surface area contributed by atoms with Gasteiger partial charge < -0.3 is 10.2 Å². The molecule has 1 atom stereocenters. The summed E-state index contributed by atoms with van der Waals surface area (Å²) in [7, 11) is -3.45. The van der Waals surface area contributed by atoms with Gasteiger partial charge >= 0.3 is 0 Å². The van der Waals surface area contributed by atoms with E-state index in [2.05, 4.69) is 5.32 Å². The van der Waals surface area contributed by atoms with E-state index in [1.807, 2.05) is 13.8 Å². The molecule has 1 saturated heterocycles. The third kappa shape index (κ3) is 5.15. The summed E-state index contributed by atoms with van der Waals surface area (Å²) in [5, 5.41) is 2.64. The molecule has 1 fully saturated rings. The number of piperazine rings is 1. The molecular formula is C15H30N4O4S. The molecule has 2 amide bonds. The fraction of sp³-hybridized carbons (Fsp3) is 0.867. The Labute approximate surface area is 145 Å². The molecule has 140 valence electrons. The SMILES string of the molecule is CCC(C)C(=O)NCC(=O)N1CCN(S(=O)(=O)N(CC)CC)CC1. The number of rotatable bonds is 8. The highest BCUT2D eigenvalue weighted by atomic mass is 32.2. The van der Waals surface area contributed by atoms with E-state index in [9.17, 15) is 18.0 Å². The van der Waals surface area contributed by atoms with Gasteiger partial charge in [0.05, 0.1) is 6.54 Å². The van der Waals surface area contributed by atoms with Gasteiger partial charge in [-0.25, -0.2) is 0 Å². The second kappa shape index (κ2) is 9.33. The van der Waals surface area contributed by atoms with Gasteiger partial charge in [-0.3, -0.25) is 9.59 Å². The van der Waals surface area contributed by atoms with Crippen molar-refractivity contribution in [3.63, 3.8) is 0 Å². The first-order chi connectivity index (χ1) is 11.3. The van der Waals surface area contributed by atoms with Gasteiger partial charge in [-0.05, 0) is 6.42 Å². The zero-order valence-electron chi connectivity index (χ0n) is 15.1. The van der Waals surface area contributed by atoms with Crippen LogP contribution in [0.15, 0.2) is 0 Å². The molecule has 0 aromatic carbocycles. The standard InChI is InChI=1S/C15H30N4O4S/c1-5-13(4)15(21)16-12-14(20)17-8-10-19(11-9-17)24(22,23)18(6-2)7-3/h13H,5-12H2,1-4H3,(H,16,21). The molecule has 1 unspecified atom stereocenters. The van der Waals surface area contributed by atoms with Gasteiger partial charge in [-0.1, -0.05) is 27.7 Å². The van der Waals surface area contributed by atoms with E-state index >= 15 is 0 Å². The van der Waals surface area contributed by atoms with Crippen LogP contribution in [0.3, 0.4) is 0 Å². The Hall–Kier alpha value is -1.19. The van der Waals surface area contributed by atoms with Crippen molar-refractivity contribution < 1.29 is 18.0 Å². The quantitative estimate of drug-likeness (QED) is 0.652. The maximum atomic E-state index is 12.4. The Bertz CT molecular complexity index is 526. The van der Waals surface area contributed by atoms with E-state index in [0.29, 0.717) is 26.2 Å². The van der Waals surface area contributed by atoms with E-state index < -0.39 is 10.2 Å². The summed E-state index contributed by atoms with van der Waals surface area (Å²) in [5.41, 5.74) is 0. The first-order valence-corrected chi connectivity index (χ1v) is 9.98. The average molecular weight is 362 g/mol. The molecule has 1 heterocycles. The lowest BCUT2D eigenvalue weighted by molar-refractivity contribution is -0.134. The second-order valence-electron chi connectivity index (χ2n) is 5.90. The summed E-state index contributed by atoms with van der Waals surface area (Å²) in [5.74, 6) is -0.422. The van der Waals surface area contributed by atoms with Crippen molar-refractivity contribution in [1.29, 1.82) is 0 Å². The number of amides is 2. The van der Waals surface area contributed by atoms with E-state index in [-0.39, 0.29) is 37.4 Å². The highest BCUT2D eigenvalue weighted by Gasteiger charge is 2.32. The van der Waals surface area contributed by atoms with Crippen molar-refractivity contribution in [3.05, 3.63) is 0 Å². The van der Waals surface area contributed by atoms with Gasteiger partial charge in [0, 0.05) is 45.2 Å². The molecule has 1 aliphatic heterocycles. The molecule has 0 aliphatic carbocycles. The van der Waals surface area contributed by atoms with Gasteiger partial charge in [-0.2, -0.15) is 17.0 Å². The second-order valence-corrected chi connectivity index (χ2v) is 7.83. The maximum Gasteiger partial charge on any atom is 0.282 e. The minimum Gasteiger partial charge on any atom is -0.347 e. The lowest BCUT2D eigenvalue weighted by Crippen LogP contribution is -2.55. The van der Waals surface area contributed by atoms with Gasteiger partial charge in [0.15, 0.2) is 0 Å². The van der Waals surface area contributed by atoms with E-state index in [0.717, 1.165) is 6.42 Å². The number of hydrogen-bond acceptors (Lipinski definition) is 4. The monoisotopic (exact) mass is 362 g/mol. The van der Waals surface area contributed by atoms with Crippen LogP contribution in [-0.2, 0) is 19.8 Å². The van der Waals surface area contributed by atoms with Crippen LogP contribution in [0.25, 0.3) is 0 Å². The summed E-state index contributed by atoms with van der Waals surface area (Å²) in [6.45, 7) is 9.43. The first-order valence-electron chi connectivity index (χ1n) is 8.58. The predicted octanol–water partition coefficient (Wildman–Crippen LogP) is -0.120. The smallest absolute Gasteiger partial charge is 0.282 e. The summed E-state index contributed by atoms with van der Waals surface area (Å²) >= 11 is 0. The largest absolute Gasteiger partial charge is 0.347 e. The fourth-order valence-electron chi connectivity index (χ4n) is 2.52. The number of nitrogens with one attached hydrogen (secondary N) is 1. The highest BCUT2D eigenvalue weighted by molar-refractivity contribution is 7.86. The van der Waals surface area contributed by atoms with Crippen molar-refractivity contribution >= 4 is 22.0 Å². The summed E-state index contributed by atoms with van der Waals surface area (Å²) in [6, 6.07) is 0. The number of nitrogens with zero attached hydrogens (tertiary/aromatic N) is 3. The number of carbonyl (C=O) groups is 2. The molecule has 1 aliphatic rings. The van der Waals surface area contributed by atoms with E-state index in [4.69, 9.17) is 0 Å². The van der Waals surface area contributed by atoms with Gasteiger partial charge in [-0.15, -0.1) is 0 Å². The maximum absolute atomic E-state index is 12.4. The van der Waals surface area contributed by atoms with Crippen molar-refractivity contribution in [2.45, 2.75) is 34.1 Å². The molecular weight excluding hydrogens is 332 g/mol. The van der Waals surface area contributed by atoms with Crippen molar-refractivity contribution in [2.24, 2.45) is 5.92 Å². The van der Waals surface area contributed by atoms with Gasteiger partial charge in [0.2, 0.25) is 11.8 Å². The fourth-order valence-corrected chi connectivity index (χ4v) is 4.12. The zero-order chi connectivity index (χ0) is 18.3. The lowest BCUT2D eigenvalue weighted by atomic mass is 10.1. The Morgan fingerprint density at radius 3 is 2.08 bits per heavy atom. The summed E-state index contributed by atoms with van der Waals surface area (Å²) < 4.78 is 27.7. The Balaban J connectivity index is 2.50. The van der Waals surface area contributed by atoms with Crippen LogP contribution in [0, 0.1) is 5.92 Å². The van der Waals surface area contributed by atoms with Crippen LogP contribution in [0.2, 0.25) is 0 Å². The Morgan fingerprint density at radius 1 is 1.08 bits per heavy atom. The van der Waals surface area contributed by atoms with E-state index in [1.54, 1.807) is 18.7 Å². The van der Waals surface area contributed by atoms with E-state index in [1.165, 1.54) is 8.61 Å². The number of carbonyl (C=O) groups excluding carboxylic acids is 2. The molecule has 8 nitrogen and oxygen atoms in total. The van der Waals surface area contributed by atoms with Crippen molar-refractivity contribution in [2.75, 3.05) is 45.8 Å². The molecule has 0 aromatic rings. The minimum absolute atomic E-state index is 0.0357. The van der Waals surface area contributed by atoms with Gasteiger partial charge in [0.1, 0.15) is 0 Å². The van der Waals surface area contributed by atoms with Crippen LogP contribution in [0.5, 0.6) is 0 Å². The molecule has 1 rings (SSSR count). The minimum atomic E-state index is -3.45. The Kier molecular flexibility index (Phi) is 8.11. The first kappa shape index (κ1) is 20.9. The van der Waals surface area contributed by atoms with Crippen molar-refractivity contribution in [1.82, 2.24) is 18.8 Å². The molecule has 9 heteroatoms. The van der Waals surface area contributed by atoms with Crippen molar-refractivity contribution in [3.8, 4) is 0 Å². The molecule has 0 spiro atoms. The lowest BCUT2D eigenvalue weighted by Gasteiger charge is -2.36. The number of hydrogen-bond donors (Lipinski definition) is 1. The molecule has 1 N–H and O–H groups in total. The highest BCUT2D eigenvalue weighted by Crippen LogP contribution is 2.12. The predicted molar refractivity (Wildman–Crippen MR) is 92.5 cm³/mol. The third-order valence-electron chi connectivity index (χ3n) is 4.42. The molecule has 0 saturated carbocycles. The van der Waals surface area contributed by atoms with Crippen LogP contribution >= 0.6 is 0 Å². The van der Waals surface area contributed by atoms with Crippen LogP contribution in [0.4, 0.5) is 0 Å². The Morgan fingerprint density at radius 2 is 1.62 bits per heavy atom. The molecule has 0 radical (unpaired) electrons. The molecule has 24 heavy (non-hydrogen) atoms. The molecule has 0 aromatic heterocycles. The van der Waals surface area contributed by atoms with Crippen LogP contribution < -0.4 is 5.32 Å². The average Bonchev–Trinajstić information content (AvgIpc) is 2.59. The normalized spacial score (nSPS) is 17.8. The van der Waals surface area contributed by atoms with Crippen LogP contribution in [-0.4, -0.2) is 79.6 Å². The summed E-state index contributed by atoms with van der Waals surface area (Å²) in [6.07, 6.45) is 0.724. The zero-order valence-corrected chi connectivity index (χ0v) is 15.9. The third-order valence-corrected chi connectivity index (χ3v) is 6.61. The van der Waals surface area contributed by atoms with Gasteiger partial charge in [0.25, 0.3) is 10.2 Å².